The lowest BCUT2D eigenvalue weighted by atomic mass is 10.1. The summed E-state index contributed by atoms with van der Waals surface area (Å²) in [7, 11) is 1.39. The fourth-order valence-corrected chi connectivity index (χ4v) is 2.30. The molecule has 3 rings (SSSR count). The Morgan fingerprint density at radius 1 is 1.41 bits per heavy atom. The van der Waals surface area contributed by atoms with Gasteiger partial charge in [-0.15, -0.1) is 0 Å². The Morgan fingerprint density at radius 3 is 2.82 bits per heavy atom. The average molecular weight is 233 g/mol. The van der Waals surface area contributed by atoms with Crippen LogP contribution in [0.25, 0.3) is 0 Å². The summed E-state index contributed by atoms with van der Waals surface area (Å²) in [5.41, 5.74) is 2.29. The molecule has 0 radical (unpaired) electrons. The highest BCUT2D eigenvalue weighted by Crippen LogP contribution is 2.45. The van der Waals surface area contributed by atoms with Gasteiger partial charge in [0.15, 0.2) is 5.69 Å². The van der Waals surface area contributed by atoms with E-state index in [1.165, 1.54) is 7.11 Å². The normalized spacial score (nSPS) is 25.5. The molecular formula is C12H15N3O2. The molecule has 0 spiro atoms. The van der Waals surface area contributed by atoms with Gasteiger partial charge in [-0.05, 0) is 12.3 Å². The number of carbonyl (C=O) groups excluding carboxylic acids is 1. The molecule has 1 aromatic rings. The van der Waals surface area contributed by atoms with Gasteiger partial charge in [-0.3, -0.25) is 0 Å². The minimum absolute atomic E-state index is 0.359. The van der Waals surface area contributed by atoms with Gasteiger partial charge < -0.3 is 10.1 Å². The largest absolute Gasteiger partial charge is 0.464 e. The van der Waals surface area contributed by atoms with E-state index in [1.807, 2.05) is 0 Å². The maximum Gasteiger partial charge on any atom is 0.357 e. The molecule has 2 aliphatic rings. The Hall–Kier alpha value is -1.49. The zero-order valence-electron chi connectivity index (χ0n) is 9.99. The molecule has 0 amide bonds. The van der Waals surface area contributed by atoms with Crippen molar-refractivity contribution in [3.05, 3.63) is 22.8 Å². The number of esters is 1. The molecule has 1 aliphatic heterocycles. The summed E-state index contributed by atoms with van der Waals surface area (Å²) in [6.07, 6.45) is 1.12. The first-order valence-electron chi connectivity index (χ1n) is 5.89. The molecule has 17 heavy (non-hydrogen) atoms. The van der Waals surface area contributed by atoms with Gasteiger partial charge in [-0.2, -0.15) is 0 Å². The van der Waals surface area contributed by atoms with Crippen molar-refractivity contribution in [3.8, 4) is 0 Å². The Labute approximate surface area is 99.6 Å². The third kappa shape index (κ3) is 1.70. The van der Waals surface area contributed by atoms with E-state index in [2.05, 4.69) is 22.2 Å². The number of carbonyl (C=O) groups is 1. The van der Waals surface area contributed by atoms with Gasteiger partial charge in [0.05, 0.1) is 12.8 Å². The Kier molecular flexibility index (Phi) is 2.36. The van der Waals surface area contributed by atoms with Gasteiger partial charge in [-0.25, -0.2) is 14.8 Å². The van der Waals surface area contributed by atoms with Gasteiger partial charge in [-0.1, -0.05) is 6.92 Å². The van der Waals surface area contributed by atoms with Crippen LogP contribution in [-0.2, 0) is 17.8 Å². The van der Waals surface area contributed by atoms with Gasteiger partial charge >= 0.3 is 5.97 Å². The van der Waals surface area contributed by atoms with Crippen LogP contribution in [0.4, 0.5) is 0 Å². The Morgan fingerprint density at radius 2 is 2.18 bits per heavy atom. The van der Waals surface area contributed by atoms with E-state index in [1.54, 1.807) is 0 Å². The zero-order valence-corrected chi connectivity index (χ0v) is 9.99. The highest BCUT2D eigenvalue weighted by molar-refractivity contribution is 5.89. The van der Waals surface area contributed by atoms with Crippen LogP contribution in [0, 0.1) is 5.92 Å². The summed E-state index contributed by atoms with van der Waals surface area (Å²) < 4.78 is 4.79. The molecule has 1 fully saturated rings. The van der Waals surface area contributed by atoms with Crippen LogP contribution in [0.3, 0.4) is 0 Å². The third-order valence-corrected chi connectivity index (χ3v) is 3.52. The quantitative estimate of drug-likeness (QED) is 0.772. The van der Waals surface area contributed by atoms with Crippen molar-refractivity contribution in [2.45, 2.75) is 32.4 Å². The first-order valence-corrected chi connectivity index (χ1v) is 5.89. The number of hydrogen-bond acceptors (Lipinski definition) is 5. The summed E-state index contributed by atoms with van der Waals surface area (Å²) in [6.45, 7) is 3.55. The molecule has 2 unspecified atom stereocenters. The average Bonchev–Trinajstić information content (AvgIpc) is 2.89. The van der Waals surface area contributed by atoms with Gasteiger partial charge in [0.2, 0.25) is 0 Å². The van der Waals surface area contributed by atoms with Crippen molar-refractivity contribution in [3.63, 3.8) is 0 Å². The summed E-state index contributed by atoms with van der Waals surface area (Å²) >= 11 is 0. The van der Waals surface area contributed by atoms with Crippen molar-refractivity contribution in [1.82, 2.24) is 15.3 Å². The fourth-order valence-electron chi connectivity index (χ4n) is 2.30. The topological polar surface area (TPSA) is 64.1 Å². The number of fused-ring (bicyclic) bond motifs is 1. The van der Waals surface area contributed by atoms with Crippen molar-refractivity contribution >= 4 is 5.97 Å². The Balaban J connectivity index is 2.06. The molecule has 5 nitrogen and oxygen atoms in total. The van der Waals surface area contributed by atoms with E-state index < -0.39 is 0 Å². The van der Waals surface area contributed by atoms with E-state index in [0.717, 1.165) is 30.0 Å². The zero-order chi connectivity index (χ0) is 12.0. The lowest BCUT2D eigenvalue weighted by Crippen LogP contribution is -2.12. The number of hydrogen-bond donors (Lipinski definition) is 1. The minimum atomic E-state index is -0.359. The van der Waals surface area contributed by atoms with Crippen LogP contribution in [0.5, 0.6) is 0 Å². The smallest absolute Gasteiger partial charge is 0.357 e. The van der Waals surface area contributed by atoms with Crippen molar-refractivity contribution in [2.24, 2.45) is 5.92 Å². The standard InChI is InChI=1S/C12H15N3O2/c1-6-3-7(6)11-14-9-5-13-4-8(9)10(15-11)12(16)17-2/h6-7,13H,3-5H2,1-2H3. The predicted octanol–water partition coefficient (Wildman–Crippen LogP) is 0.990. The second-order valence-corrected chi connectivity index (χ2v) is 4.77. The number of ether oxygens (including phenoxy) is 1. The second-order valence-electron chi connectivity index (χ2n) is 4.77. The lowest BCUT2D eigenvalue weighted by molar-refractivity contribution is 0.0592. The molecule has 0 bridgehead atoms. The molecule has 1 saturated carbocycles. The maximum absolute atomic E-state index is 11.7. The molecule has 1 N–H and O–H groups in total. The van der Waals surface area contributed by atoms with Crippen molar-refractivity contribution < 1.29 is 9.53 Å². The van der Waals surface area contributed by atoms with Crippen LogP contribution in [-0.4, -0.2) is 23.0 Å². The molecule has 0 saturated heterocycles. The lowest BCUT2D eigenvalue weighted by Gasteiger charge is -2.07. The monoisotopic (exact) mass is 233 g/mol. The second kappa shape index (κ2) is 3.77. The van der Waals surface area contributed by atoms with Gasteiger partial charge in [0.25, 0.3) is 0 Å². The number of nitrogens with one attached hydrogen (secondary N) is 1. The summed E-state index contributed by atoms with van der Waals surface area (Å²) in [6, 6.07) is 0. The summed E-state index contributed by atoms with van der Waals surface area (Å²) in [5, 5.41) is 3.19. The van der Waals surface area contributed by atoms with Crippen molar-refractivity contribution in [2.75, 3.05) is 7.11 Å². The van der Waals surface area contributed by atoms with Gasteiger partial charge in [0, 0.05) is 24.6 Å². The minimum Gasteiger partial charge on any atom is -0.464 e. The number of nitrogens with zero attached hydrogens (tertiary/aromatic N) is 2. The highest BCUT2D eigenvalue weighted by Gasteiger charge is 2.38. The SMILES string of the molecule is COC(=O)c1nc(C2CC2C)nc2c1CNC2. The Bertz CT molecular complexity index is 487. The summed E-state index contributed by atoms with van der Waals surface area (Å²) in [4.78, 5) is 20.7. The summed E-state index contributed by atoms with van der Waals surface area (Å²) in [5.74, 6) is 1.50. The van der Waals surface area contributed by atoms with Gasteiger partial charge in [0.1, 0.15) is 5.82 Å². The highest BCUT2D eigenvalue weighted by atomic mass is 16.5. The molecule has 0 aromatic carbocycles. The first kappa shape index (κ1) is 10.7. The van der Waals surface area contributed by atoms with E-state index in [4.69, 9.17) is 4.74 Å². The molecule has 2 atom stereocenters. The van der Waals surface area contributed by atoms with Crippen LogP contribution in [0.1, 0.15) is 46.8 Å². The first-order chi connectivity index (χ1) is 8.20. The molecule has 90 valence electrons. The van der Waals surface area contributed by atoms with E-state index in [-0.39, 0.29) is 5.97 Å². The van der Waals surface area contributed by atoms with Crippen LogP contribution in [0.2, 0.25) is 0 Å². The molecule has 5 heteroatoms. The van der Waals surface area contributed by atoms with E-state index in [9.17, 15) is 4.79 Å². The maximum atomic E-state index is 11.7. The molecular weight excluding hydrogens is 218 g/mol. The van der Waals surface area contributed by atoms with E-state index >= 15 is 0 Å². The third-order valence-electron chi connectivity index (χ3n) is 3.52. The fraction of sp³-hybridized carbons (Fsp3) is 0.583. The number of methoxy groups -OCH3 is 1. The molecule has 2 heterocycles. The number of aromatic nitrogens is 2. The van der Waals surface area contributed by atoms with Crippen LogP contribution < -0.4 is 5.32 Å². The van der Waals surface area contributed by atoms with Crippen LogP contribution >= 0.6 is 0 Å². The van der Waals surface area contributed by atoms with E-state index in [0.29, 0.717) is 24.1 Å². The van der Waals surface area contributed by atoms with Crippen molar-refractivity contribution in [1.29, 1.82) is 0 Å². The number of rotatable bonds is 2. The van der Waals surface area contributed by atoms with Crippen LogP contribution in [0.15, 0.2) is 0 Å². The predicted molar refractivity (Wildman–Crippen MR) is 60.4 cm³/mol. The molecule has 1 aliphatic carbocycles. The molecule has 1 aromatic heterocycles.